The molecule has 72 valence electrons. The first kappa shape index (κ1) is 9.95. The van der Waals surface area contributed by atoms with Gasteiger partial charge in [-0.2, -0.15) is 0 Å². The van der Waals surface area contributed by atoms with Crippen molar-refractivity contribution in [2.24, 2.45) is 5.73 Å². The fourth-order valence-electron chi connectivity index (χ4n) is 1.89. The van der Waals surface area contributed by atoms with Crippen LogP contribution in [0.15, 0.2) is 0 Å². The van der Waals surface area contributed by atoms with Gasteiger partial charge in [-0.15, -0.1) is 0 Å². The van der Waals surface area contributed by atoms with Crippen molar-refractivity contribution in [3.63, 3.8) is 0 Å². The van der Waals surface area contributed by atoms with Gasteiger partial charge in [0.25, 0.3) is 0 Å². The smallest absolute Gasteiger partial charge is 0.152 e. The Balaban J connectivity index is 2.92. The Labute approximate surface area is 72.7 Å². The Hall–Kier alpha value is -0.130. The van der Waals surface area contributed by atoms with Crippen LogP contribution >= 0.6 is 0 Å². The van der Waals surface area contributed by atoms with E-state index in [0.29, 0.717) is 12.8 Å². The quantitative estimate of drug-likeness (QED) is 0.606. The van der Waals surface area contributed by atoms with Gasteiger partial charge in [-0.25, -0.2) is 8.42 Å². The summed E-state index contributed by atoms with van der Waals surface area (Å²) in [5, 5.41) is 8.41. The fraction of sp³-hybridized carbons (Fsp3) is 1.00. The van der Waals surface area contributed by atoms with Crippen molar-refractivity contribution in [2.45, 2.75) is 30.1 Å². The molecule has 2 unspecified atom stereocenters. The van der Waals surface area contributed by atoms with E-state index in [2.05, 4.69) is 0 Å². The highest BCUT2D eigenvalue weighted by molar-refractivity contribution is 7.91. The molecule has 1 aliphatic carbocycles. The normalized spacial score (nSPS) is 37.1. The summed E-state index contributed by atoms with van der Waals surface area (Å²) in [5.41, 5.74) is 4.86. The summed E-state index contributed by atoms with van der Waals surface area (Å²) in [7, 11) is -3.11. The summed E-state index contributed by atoms with van der Waals surface area (Å²) in [5.74, 6) is 0. The molecule has 2 atom stereocenters. The minimum atomic E-state index is -3.11. The molecule has 1 fully saturated rings. The Kier molecular flexibility index (Phi) is 2.47. The van der Waals surface area contributed by atoms with Crippen LogP contribution in [0.25, 0.3) is 0 Å². The van der Waals surface area contributed by atoms with Gasteiger partial charge in [0.15, 0.2) is 9.84 Å². The van der Waals surface area contributed by atoms with Crippen molar-refractivity contribution in [1.29, 1.82) is 0 Å². The van der Waals surface area contributed by atoms with E-state index in [0.717, 1.165) is 6.42 Å². The summed E-state index contributed by atoms with van der Waals surface area (Å²) < 4.78 is 22.4. The fourth-order valence-corrected chi connectivity index (χ4v) is 3.53. The van der Waals surface area contributed by atoms with Gasteiger partial charge >= 0.3 is 0 Å². The van der Waals surface area contributed by atoms with E-state index in [1.165, 1.54) is 6.26 Å². The molecule has 12 heavy (non-hydrogen) atoms. The second-order valence-corrected chi connectivity index (χ2v) is 5.83. The summed E-state index contributed by atoms with van der Waals surface area (Å²) in [6.07, 6.45) is 3.15. The summed E-state index contributed by atoms with van der Waals surface area (Å²) in [6, 6.07) is 0. The first-order valence-electron chi connectivity index (χ1n) is 3.99. The molecular weight excluding hydrogens is 178 g/mol. The molecule has 5 heteroatoms. The molecule has 1 rings (SSSR count). The molecule has 0 saturated heterocycles. The van der Waals surface area contributed by atoms with Crippen LogP contribution in [0.4, 0.5) is 0 Å². The van der Waals surface area contributed by atoms with Gasteiger partial charge in [-0.05, 0) is 12.8 Å². The lowest BCUT2D eigenvalue weighted by Crippen LogP contribution is -2.53. The lowest BCUT2D eigenvalue weighted by molar-refractivity contribution is 0.201. The Morgan fingerprint density at radius 3 is 2.58 bits per heavy atom. The number of rotatable bonds is 2. The maximum atomic E-state index is 11.2. The molecule has 0 aromatic heterocycles. The maximum Gasteiger partial charge on any atom is 0.152 e. The van der Waals surface area contributed by atoms with E-state index in [4.69, 9.17) is 10.8 Å². The lowest BCUT2D eigenvalue weighted by Gasteiger charge is -2.27. The van der Waals surface area contributed by atoms with Crippen molar-refractivity contribution in [3.05, 3.63) is 0 Å². The molecule has 3 N–H and O–H groups in total. The van der Waals surface area contributed by atoms with Crippen LogP contribution < -0.4 is 5.73 Å². The second-order valence-electron chi connectivity index (χ2n) is 3.60. The highest BCUT2D eigenvalue weighted by Gasteiger charge is 2.44. The molecule has 0 amide bonds. The van der Waals surface area contributed by atoms with E-state index in [1.807, 2.05) is 0 Å². The van der Waals surface area contributed by atoms with Gasteiger partial charge < -0.3 is 10.8 Å². The number of sulfone groups is 1. The van der Waals surface area contributed by atoms with Crippen molar-refractivity contribution in [2.75, 3.05) is 12.9 Å². The van der Waals surface area contributed by atoms with Gasteiger partial charge in [-0.3, -0.25) is 0 Å². The van der Waals surface area contributed by atoms with Gasteiger partial charge in [0.2, 0.25) is 0 Å². The predicted octanol–water partition coefficient (Wildman–Crippen LogP) is -0.727. The minimum absolute atomic E-state index is 0.245. The maximum absolute atomic E-state index is 11.2. The van der Waals surface area contributed by atoms with Gasteiger partial charge in [0.1, 0.15) is 0 Å². The Morgan fingerprint density at radius 1 is 1.67 bits per heavy atom. The van der Waals surface area contributed by atoms with Crippen molar-refractivity contribution >= 4 is 9.84 Å². The predicted molar refractivity (Wildman–Crippen MR) is 46.5 cm³/mol. The number of hydrogen-bond acceptors (Lipinski definition) is 4. The van der Waals surface area contributed by atoms with Crippen LogP contribution in [0.2, 0.25) is 0 Å². The van der Waals surface area contributed by atoms with Gasteiger partial charge in [0, 0.05) is 6.26 Å². The molecule has 0 bridgehead atoms. The van der Waals surface area contributed by atoms with Crippen molar-refractivity contribution in [3.8, 4) is 0 Å². The first-order valence-corrected chi connectivity index (χ1v) is 5.94. The summed E-state index contributed by atoms with van der Waals surface area (Å²) >= 11 is 0. The molecular formula is C7H15NO3S. The van der Waals surface area contributed by atoms with Gasteiger partial charge in [0.05, 0.1) is 17.4 Å². The zero-order valence-electron chi connectivity index (χ0n) is 7.16. The molecule has 4 nitrogen and oxygen atoms in total. The summed E-state index contributed by atoms with van der Waals surface area (Å²) in [6.45, 7) is -0.245. The van der Waals surface area contributed by atoms with Crippen LogP contribution in [-0.2, 0) is 9.84 Å². The third-order valence-corrected chi connectivity index (χ3v) is 4.30. The Bertz CT molecular complexity index is 262. The SMILES string of the molecule is CS(=O)(=O)C1CCCC1(N)CO. The van der Waals surface area contributed by atoms with Crippen LogP contribution in [0.3, 0.4) is 0 Å². The number of nitrogens with two attached hydrogens (primary N) is 1. The highest BCUT2D eigenvalue weighted by atomic mass is 32.2. The lowest BCUT2D eigenvalue weighted by atomic mass is 10.0. The molecule has 1 saturated carbocycles. The number of aliphatic hydroxyl groups excluding tert-OH is 1. The topological polar surface area (TPSA) is 80.4 Å². The molecule has 0 aromatic carbocycles. The molecule has 0 aromatic rings. The average molecular weight is 193 g/mol. The number of hydrogen-bond donors (Lipinski definition) is 2. The van der Waals surface area contributed by atoms with Crippen molar-refractivity contribution < 1.29 is 13.5 Å². The molecule has 0 heterocycles. The van der Waals surface area contributed by atoms with E-state index >= 15 is 0 Å². The zero-order valence-corrected chi connectivity index (χ0v) is 7.97. The molecule has 0 aliphatic heterocycles. The van der Waals surface area contributed by atoms with Crippen LogP contribution in [0.5, 0.6) is 0 Å². The van der Waals surface area contributed by atoms with Crippen LogP contribution in [-0.4, -0.2) is 37.2 Å². The first-order chi connectivity index (χ1) is 5.40. The standard InChI is InChI=1S/C7H15NO3S/c1-12(10,11)6-3-2-4-7(6,8)5-9/h6,9H,2-5,8H2,1H3. The molecule has 0 radical (unpaired) electrons. The van der Waals surface area contributed by atoms with Crippen LogP contribution in [0, 0.1) is 0 Å². The Morgan fingerprint density at radius 2 is 2.25 bits per heavy atom. The minimum Gasteiger partial charge on any atom is -0.394 e. The molecule has 0 spiro atoms. The monoisotopic (exact) mass is 193 g/mol. The van der Waals surface area contributed by atoms with E-state index in [1.54, 1.807) is 0 Å². The van der Waals surface area contributed by atoms with Crippen molar-refractivity contribution in [1.82, 2.24) is 0 Å². The molecule has 1 aliphatic rings. The zero-order chi connectivity index (χ0) is 9.41. The third kappa shape index (κ3) is 1.62. The highest BCUT2D eigenvalue weighted by Crippen LogP contribution is 2.32. The van der Waals surface area contributed by atoms with E-state index in [-0.39, 0.29) is 6.61 Å². The summed E-state index contributed by atoms with van der Waals surface area (Å²) in [4.78, 5) is 0. The average Bonchev–Trinajstić information content (AvgIpc) is 2.31. The van der Waals surface area contributed by atoms with E-state index < -0.39 is 20.6 Å². The van der Waals surface area contributed by atoms with E-state index in [9.17, 15) is 8.42 Å². The third-order valence-electron chi connectivity index (χ3n) is 2.56. The largest absolute Gasteiger partial charge is 0.394 e. The second kappa shape index (κ2) is 2.97. The van der Waals surface area contributed by atoms with Crippen LogP contribution in [0.1, 0.15) is 19.3 Å². The van der Waals surface area contributed by atoms with Gasteiger partial charge in [-0.1, -0.05) is 6.42 Å². The number of aliphatic hydroxyl groups is 1.